The first-order valence-electron chi connectivity index (χ1n) is 0. The average molecular weight is 743 g/mol. The van der Waals surface area contributed by atoms with Gasteiger partial charge in [-0.05, 0) is 0 Å². The van der Waals surface area contributed by atoms with E-state index >= 15 is 0 Å². The molecule has 0 spiro atoms. The molecule has 0 amide bonds. The summed E-state index contributed by atoms with van der Waals surface area (Å²) >= 11 is 0. The van der Waals surface area contributed by atoms with Crippen LogP contribution in [0.3, 0.4) is 0 Å². The molecule has 0 fully saturated rings. The molecule has 0 radical (unpaired) electrons. The molecule has 9 nitrogen and oxygen atoms in total. The van der Waals surface area contributed by atoms with Gasteiger partial charge in [-0.2, -0.15) is 0 Å². The normalized spacial score (nSPS) is 0. The Labute approximate surface area is 140 Å². The van der Waals surface area contributed by atoms with E-state index in [0.717, 1.165) is 0 Å². The van der Waals surface area contributed by atoms with Gasteiger partial charge in [0, 0.05) is 0 Å². The van der Waals surface area contributed by atoms with Gasteiger partial charge in [0.25, 0.3) is 0 Å². The second-order valence-electron chi connectivity index (χ2n) is 0. The van der Waals surface area contributed by atoms with Gasteiger partial charge in [0.1, 0.15) is 0 Å². The third kappa shape index (κ3) is 322. The van der Waals surface area contributed by atoms with E-state index in [1.807, 2.05) is 0 Å². The first kappa shape index (κ1) is 461. The number of hydrogen-bond donors (Lipinski definition) is 0. The van der Waals surface area contributed by atoms with Gasteiger partial charge >= 0.3 is 92.6 Å². The van der Waals surface area contributed by atoms with Gasteiger partial charge in [0.15, 0.2) is 0 Å². The standard InChI is InChI=1S/9O.2Sn.2Ta/q9*-2;2*+4;2*+5. The van der Waals surface area contributed by atoms with E-state index in [2.05, 4.69) is 0 Å². The molecule has 72 valence electrons. The van der Waals surface area contributed by atoms with Gasteiger partial charge in [0.05, 0.1) is 0 Å². The summed E-state index contributed by atoms with van der Waals surface area (Å²) in [5.74, 6) is 0. The van der Waals surface area contributed by atoms with Gasteiger partial charge in [0.2, 0.25) is 0 Å². The van der Waals surface area contributed by atoms with E-state index < -0.39 is 0 Å². The Morgan fingerprint density at radius 3 is 0.231 bits per heavy atom. The Hall–Kier alpha value is 2.72. The van der Waals surface area contributed by atoms with Crippen molar-refractivity contribution in [3.63, 3.8) is 0 Å². The summed E-state index contributed by atoms with van der Waals surface area (Å²) < 4.78 is 0. The molecule has 0 aromatic carbocycles. The topological polar surface area (TPSA) is 256 Å². The largest absolute Gasteiger partial charge is 5.00 e. The smallest absolute Gasteiger partial charge is 2.00 e. The first-order chi connectivity index (χ1) is 0. The van der Waals surface area contributed by atoms with Crippen molar-refractivity contribution in [3.05, 3.63) is 0 Å². The molecule has 0 N–H and O–H groups in total. The maximum absolute atomic E-state index is 0. The summed E-state index contributed by atoms with van der Waals surface area (Å²) in [5, 5.41) is 0. The van der Waals surface area contributed by atoms with E-state index in [4.69, 9.17) is 0 Å². The van der Waals surface area contributed by atoms with Crippen molar-refractivity contribution in [2.45, 2.75) is 0 Å². The zero-order valence-electron chi connectivity index (χ0n) is 5.57. The molecule has 0 saturated heterocycles. The van der Waals surface area contributed by atoms with E-state index in [1.54, 1.807) is 0 Å². The van der Waals surface area contributed by atoms with Gasteiger partial charge in [-0.15, -0.1) is 0 Å². The summed E-state index contributed by atoms with van der Waals surface area (Å²) in [4.78, 5) is 0. The fourth-order valence-corrected chi connectivity index (χ4v) is 0. The molecule has 0 unspecified atom stereocenters. The van der Waals surface area contributed by atoms with Crippen LogP contribution in [0.2, 0.25) is 0 Å². The molecule has 13 heavy (non-hydrogen) atoms. The van der Waals surface area contributed by atoms with Crippen LogP contribution in [0.5, 0.6) is 0 Å². The first-order valence-corrected chi connectivity index (χ1v) is 0. The summed E-state index contributed by atoms with van der Waals surface area (Å²) in [6.45, 7) is 0. The minimum Gasteiger partial charge on any atom is -2.00 e. The molecule has 0 rings (SSSR count). The fourth-order valence-electron chi connectivity index (χ4n) is 0. The summed E-state index contributed by atoms with van der Waals surface area (Å²) in [6.07, 6.45) is 0. The van der Waals surface area contributed by atoms with Crippen molar-refractivity contribution in [2.24, 2.45) is 0 Å². The minimum atomic E-state index is 0. The van der Waals surface area contributed by atoms with Gasteiger partial charge in [-0.25, -0.2) is 0 Å². The molecule has 0 bridgehead atoms. The van der Waals surface area contributed by atoms with Gasteiger partial charge in [-0.3, -0.25) is 0 Å². The van der Waals surface area contributed by atoms with Crippen LogP contribution in [-0.2, 0) is 94.0 Å². The number of rotatable bonds is 0. The zero-order valence-corrected chi connectivity index (χ0v) is 17.7. The Balaban J connectivity index is 0. The molecule has 0 aliphatic heterocycles. The molecule has 0 saturated carbocycles. The van der Waals surface area contributed by atoms with Gasteiger partial charge in [-0.1, -0.05) is 0 Å². The van der Waals surface area contributed by atoms with E-state index in [1.165, 1.54) is 0 Å². The van der Waals surface area contributed by atoms with E-state index in [0.29, 0.717) is 0 Å². The summed E-state index contributed by atoms with van der Waals surface area (Å²) in [7, 11) is 0. The van der Waals surface area contributed by atoms with Crippen LogP contribution < -0.4 is 0 Å². The van der Waals surface area contributed by atoms with Crippen LogP contribution in [-0.4, -0.2) is 47.8 Å². The molecule has 13 heteroatoms. The SMILES string of the molecule is [O-2].[O-2].[O-2].[O-2].[O-2].[O-2].[O-2].[O-2].[O-2].[Sn+4].[Sn+4].[Ta+5].[Ta+5]. The van der Waals surface area contributed by atoms with Crippen LogP contribution in [0.1, 0.15) is 0 Å². The van der Waals surface area contributed by atoms with Crippen molar-refractivity contribution in [1.29, 1.82) is 0 Å². The van der Waals surface area contributed by atoms with Gasteiger partial charge < -0.3 is 49.3 Å². The molecule has 0 aliphatic rings. The maximum Gasteiger partial charge on any atom is 5.00 e. The molecule has 0 heterocycles. The van der Waals surface area contributed by atoms with Crippen molar-refractivity contribution < 1.29 is 94.0 Å². The fraction of sp³-hybridized carbons (Fsp3) is 0. The third-order valence-corrected chi connectivity index (χ3v) is 0. The summed E-state index contributed by atoms with van der Waals surface area (Å²) in [6, 6.07) is 0. The van der Waals surface area contributed by atoms with Crippen LogP contribution in [0, 0.1) is 0 Å². The van der Waals surface area contributed by atoms with Crippen molar-refractivity contribution >= 4 is 47.8 Å². The van der Waals surface area contributed by atoms with Crippen molar-refractivity contribution in [3.8, 4) is 0 Å². The van der Waals surface area contributed by atoms with Crippen LogP contribution >= 0.6 is 0 Å². The zero-order chi connectivity index (χ0) is 0. The predicted octanol–water partition coefficient (Wildman–Crippen LogP) is -1.84. The summed E-state index contributed by atoms with van der Waals surface area (Å²) in [5.41, 5.74) is 0. The monoisotopic (exact) mass is 746 g/mol. The molecular formula is O9Sn2Ta2. The second kappa shape index (κ2) is 375. The molecular weight excluding hydrogens is 743 g/mol. The van der Waals surface area contributed by atoms with Crippen molar-refractivity contribution in [1.82, 2.24) is 0 Å². The molecule has 0 aliphatic carbocycles. The van der Waals surface area contributed by atoms with E-state index in [-0.39, 0.29) is 142 Å². The Kier molecular flexibility index (Phi) is 13300. The average Bonchev–Trinajstić information content (AvgIpc) is 0. The Bertz CT molecular complexity index is 15.6. The second-order valence-corrected chi connectivity index (χ2v) is 0. The maximum atomic E-state index is 0. The predicted molar refractivity (Wildman–Crippen MR) is 17.7 cm³/mol. The van der Waals surface area contributed by atoms with Crippen molar-refractivity contribution in [2.75, 3.05) is 0 Å². The molecule has 0 aromatic rings. The van der Waals surface area contributed by atoms with Crippen LogP contribution in [0.15, 0.2) is 0 Å². The van der Waals surface area contributed by atoms with E-state index in [9.17, 15) is 0 Å². The Morgan fingerprint density at radius 2 is 0.231 bits per heavy atom. The Morgan fingerprint density at radius 1 is 0.231 bits per heavy atom. The van der Waals surface area contributed by atoms with Crippen LogP contribution in [0.25, 0.3) is 0 Å². The quantitative estimate of drug-likeness (QED) is 0.248. The molecule has 0 aromatic heterocycles. The van der Waals surface area contributed by atoms with Crippen LogP contribution in [0.4, 0.5) is 0 Å². The molecule has 0 atom stereocenters. The third-order valence-electron chi connectivity index (χ3n) is 0. The minimum absolute atomic E-state index is 0. The number of hydrogen-bond acceptors (Lipinski definition) is 0.